The largest absolute Gasteiger partial charge is 0.376 e. The maximum atomic E-state index is 12.2. The molecule has 2 rings (SSSR count). The van der Waals surface area contributed by atoms with Crippen molar-refractivity contribution in [2.75, 3.05) is 18.4 Å². The van der Waals surface area contributed by atoms with Crippen LogP contribution in [0.2, 0.25) is 0 Å². The van der Waals surface area contributed by atoms with Crippen molar-refractivity contribution in [1.82, 2.24) is 4.90 Å². The first-order valence-electron chi connectivity index (χ1n) is 6.87. The number of benzene rings is 1. The minimum absolute atomic E-state index is 0.202. The first-order chi connectivity index (χ1) is 9.08. The number of nitrogens with zero attached hydrogens (tertiary/aromatic N) is 1. The summed E-state index contributed by atoms with van der Waals surface area (Å²) in [6.07, 6.45) is 3.50. The van der Waals surface area contributed by atoms with Gasteiger partial charge in [0.15, 0.2) is 0 Å². The summed E-state index contributed by atoms with van der Waals surface area (Å²) in [4.78, 5) is 14.2. The number of carbonyl (C=O) groups is 1. The Balaban J connectivity index is 1.90. The summed E-state index contributed by atoms with van der Waals surface area (Å²) in [5, 5.41) is 3.22. The number of likely N-dealkylation sites (tertiary alicyclic amines) is 1. The Labute approximate surface area is 123 Å². The summed E-state index contributed by atoms with van der Waals surface area (Å²) in [6.45, 7) is 5.47. The molecule has 1 aromatic carbocycles. The Hall–Kier alpha value is -1.03. The highest BCUT2D eigenvalue weighted by Crippen LogP contribution is 2.20. The number of rotatable bonds is 3. The molecule has 0 radical (unpaired) electrons. The SMILES string of the molecule is Cc1cc(NCC(=O)N2CCCCC2C)ccc1Br. The molecule has 104 valence electrons. The van der Waals surface area contributed by atoms with E-state index >= 15 is 0 Å². The number of carbonyl (C=O) groups excluding carboxylic acids is 1. The number of piperidine rings is 1. The second-order valence-electron chi connectivity index (χ2n) is 5.25. The summed E-state index contributed by atoms with van der Waals surface area (Å²) in [5.41, 5.74) is 2.17. The van der Waals surface area contributed by atoms with Gasteiger partial charge in [0.2, 0.25) is 5.91 Å². The average molecular weight is 325 g/mol. The van der Waals surface area contributed by atoms with Crippen LogP contribution in [0, 0.1) is 6.92 Å². The van der Waals surface area contributed by atoms with E-state index in [0.29, 0.717) is 12.6 Å². The molecule has 1 heterocycles. The van der Waals surface area contributed by atoms with Gasteiger partial charge in [0.1, 0.15) is 0 Å². The molecule has 1 fully saturated rings. The zero-order valence-electron chi connectivity index (χ0n) is 11.6. The van der Waals surface area contributed by atoms with Crippen molar-refractivity contribution in [3.63, 3.8) is 0 Å². The fourth-order valence-corrected chi connectivity index (χ4v) is 2.75. The van der Waals surface area contributed by atoms with Gasteiger partial charge in [0, 0.05) is 22.7 Å². The van der Waals surface area contributed by atoms with Crippen molar-refractivity contribution >= 4 is 27.5 Å². The molecule has 0 aliphatic carbocycles. The molecule has 1 atom stereocenters. The fraction of sp³-hybridized carbons (Fsp3) is 0.533. The molecular weight excluding hydrogens is 304 g/mol. The molecular formula is C15H21BrN2O. The van der Waals surface area contributed by atoms with Gasteiger partial charge in [-0.25, -0.2) is 0 Å². The summed E-state index contributed by atoms with van der Waals surface area (Å²) in [6, 6.07) is 6.43. The van der Waals surface area contributed by atoms with Crippen LogP contribution in [-0.2, 0) is 4.79 Å². The van der Waals surface area contributed by atoms with Crippen LogP contribution < -0.4 is 5.32 Å². The Kier molecular flexibility index (Phi) is 4.86. The van der Waals surface area contributed by atoms with Gasteiger partial charge >= 0.3 is 0 Å². The molecule has 19 heavy (non-hydrogen) atoms. The summed E-state index contributed by atoms with van der Waals surface area (Å²) in [7, 11) is 0. The van der Waals surface area contributed by atoms with Crippen molar-refractivity contribution in [1.29, 1.82) is 0 Å². The van der Waals surface area contributed by atoms with Crippen molar-refractivity contribution < 1.29 is 4.79 Å². The molecule has 4 heteroatoms. The lowest BCUT2D eigenvalue weighted by Gasteiger charge is -2.33. The monoisotopic (exact) mass is 324 g/mol. The maximum absolute atomic E-state index is 12.2. The molecule has 0 saturated carbocycles. The van der Waals surface area contributed by atoms with Crippen molar-refractivity contribution in [2.45, 2.75) is 39.2 Å². The quantitative estimate of drug-likeness (QED) is 0.921. The lowest BCUT2D eigenvalue weighted by molar-refractivity contribution is -0.132. The van der Waals surface area contributed by atoms with Crippen LogP contribution >= 0.6 is 15.9 Å². The summed E-state index contributed by atoms with van der Waals surface area (Å²) < 4.78 is 1.09. The number of amides is 1. The number of hydrogen-bond acceptors (Lipinski definition) is 2. The van der Waals surface area contributed by atoms with E-state index in [2.05, 4.69) is 34.2 Å². The lowest BCUT2D eigenvalue weighted by atomic mass is 10.0. The van der Waals surface area contributed by atoms with Gasteiger partial charge in [-0.2, -0.15) is 0 Å². The Bertz CT molecular complexity index is 461. The molecule has 1 aliphatic rings. The molecule has 0 spiro atoms. The molecule has 1 aromatic rings. The number of aryl methyl sites for hydroxylation is 1. The van der Waals surface area contributed by atoms with Crippen LogP contribution in [0.4, 0.5) is 5.69 Å². The fourth-order valence-electron chi connectivity index (χ4n) is 2.50. The van der Waals surface area contributed by atoms with E-state index in [4.69, 9.17) is 0 Å². The minimum Gasteiger partial charge on any atom is -0.376 e. The van der Waals surface area contributed by atoms with Gasteiger partial charge in [-0.15, -0.1) is 0 Å². The van der Waals surface area contributed by atoms with E-state index in [1.54, 1.807) is 0 Å². The highest BCUT2D eigenvalue weighted by molar-refractivity contribution is 9.10. The van der Waals surface area contributed by atoms with Crippen molar-refractivity contribution in [3.8, 4) is 0 Å². The third-order valence-corrected chi connectivity index (χ3v) is 4.61. The first kappa shape index (κ1) is 14.4. The molecule has 0 aromatic heterocycles. The Morgan fingerprint density at radius 2 is 2.26 bits per heavy atom. The van der Waals surface area contributed by atoms with Crippen LogP contribution in [0.25, 0.3) is 0 Å². The molecule has 1 saturated heterocycles. The van der Waals surface area contributed by atoms with Crippen LogP contribution in [0.15, 0.2) is 22.7 Å². The van der Waals surface area contributed by atoms with Gasteiger partial charge in [0.05, 0.1) is 6.54 Å². The number of anilines is 1. The average Bonchev–Trinajstić information content (AvgIpc) is 2.40. The van der Waals surface area contributed by atoms with E-state index in [1.165, 1.54) is 12.0 Å². The molecule has 1 amide bonds. The molecule has 0 bridgehead atoms. The van der Waals surface area contributed by atoms with E-state index in [0.717, 1.165) is 29.5 Å². The number of nitrogens with one attached hydrogen (secondary N) is 1. The molecule has 1 unspecified atom stereocenters. The lowest BCUT2D eigenvalue weighted by Crippen LogP contribution is -2.44. The topological polar surface area (TPSA) is 32.3 Å². The van der Waals surface area contributed by atoms with Crippen molar-refractivity contribution in [2.24, 2.45) is 0 Å². The number of halogens is 1. The third-order valence-electron chi connectivity index (χ3n) is 3.73. The highest BCUT2D eigenvalue weighted by Gasteiger charge is 2.22. The minimum atomic E-state index is 0.202. The van der Waals surface area contributed by atoms with Crippen LogP contribution in [0.3, 0.4) is 0 Å². The first-order valence-corrected chi connectivity index (χ1v) is 7.66. The molecule has 1 aliphatic heterocycles. The van der Waals surface area contributed by atoms with E-state index in [1.807, 2.05) is 24.0 Å². The second kappa shape index (κ2) is 6.42. The normalized spacial score (nSPS) is 19.3. The van der Waals surface area contributed by atoms with Gasteiger partial charge in [-0.05, 0) is 56.9 Å². The van der Waals surface area contributed by atoms with Crippen molar-refractivity contribution in [3.05, 3.63) is 28.2 Å². The predicted octanol–water partition coefficient (Wildman–Crippen LogP) is 3.57. The Morgan fingerprint density at radius 1 is 1.47 bits per heavy atom. The van der Waals surface area contributed by atoms with Crippen LogP contribution in [-0.4, -0.2) is 29.9 Å². The van der Waals surface area contributed by atoms with Crippen LogP contribution in [0.1, 0.15) is 31.7 Å². The summed E-state index contributed by atoms with van der Waals surface area (Å²) in [5.74, 6) is 0.202. The zero-order valence-corrected chi connectivity index (χ0v) is 13.2. The smallest absolute Gasteiger partial charge is 0.242 e. The van der Waals surface area contributed by atoms with Gasteiger partial charge in [0.25, 0.3) is 0 Å². The van der Waals surface area contributed by atoms with Crippen LogP contribution in [0.5, 0.6) is 0 Å². The van der Waals surface area contributed by atoms with Gasteiger partial charge in [-0.3, -0.25) is 4.79 Å². The molecule has 3 nitrogen and oxygen atoms in total. The van der Waals surface area contributed by atoms with E-state index in [9.17, 15) is 4.79 Å². The Morgan fingerprint density at radius 3 is 2.95 bits per heavy atom. The van der Waals surface area contributed by atoms with Gasteiger partial charge in [-0.1, -0.05) is 15.9 Å². The van der Waals surface area contributed by atoms with E-state index in [-0.39, 0.29) is 5.91 Å². The zero-order chi connectivity index (χ0) is 13.8. The molecule has 1 N–H and O–H groups in total. The van der Waals surface area contributed by atoms with E-state index < -0.39 is 0 Å². The summed E-state index contributed by atoms with van der Waals surface area (Å²) >= 11 is 3.48. The third kappa shape index (κ3) is 3.72. The standard InChI is InChI=1S/C15H21BrN2O/c1-11-9-13(6-7-14(11)16)17-10-15(19)18-8-4-3-5-12(18)2/h6-7,9,12,17H,3-5,8,10H2,1-2H3. The number of hydrogen-bond donors (Lipinski definition) is 1. The van der Waals surface area contributed by atoms with Gasteiger partial charge < -0.3 is 10.2 Å². The highest BCUT2D eigenvalue weighted by atomic mass is 79.9. The maximum Gasteiger partial charge on any atom is 0.242 e. The second-order valence-corrected chi connectivity index (χ2v) is 6.10. The predicted molar refractivity (Wildman–Crippen MR) is 82.4 cm³/mol.